The highest BCUT2D eigenvalue weighted by molar-refractivity contribution is 9.10. The van der Waals surface area contributed by atoms with Gasteiger partial charge in [0.1, 0.15) is 5.82 Å². The predicted octanol–water partition coefficient (Wildman–Crippen LogP) is 3.62. The van der Waals surface area contributed by atoms with Gasteiger partial charge in [-0.25, -0.2) is 4.39 Å². The zero-order valence-electron chi connectivity index (χ0n) is 11.1. The minimum absolute atomic E-state index is 0.0858. The number of hydrogen-bond acceptors (Lipinski definition) is 4. The van der Waals surface area contributed by atoms with Gasteiger partial charge in [-0.15, -0.1) is 10.2 Å². The van der Waals surface area contributed by atoms with E-state index in [0.29, 0.717) is 23.9 Å². The molecule has 1 aliphatic heterocycles. The van der Waals surface area contributed by atoms with Gasteiger partial charge in [-0.1, -0.05) is 22.0 Å². The number of aromatic nitrogens is 2. The maximum Gasteiger partial charge on any atom is 0.233 e. The predicted molar refractivity (Wildman–Crippen MR) is 75.5 cm³/mol. The van der Waals surface area contributed by atoms with Crippen LogP contribution in [0.25, 0.3) is 0 Å². The van der Waals surface area contributed by atoms with E-state index in [2.05, 4.69) is 31.0 Å². The summed E-state index contributed by atoms with van der Waals surface area (Å²) in [5, 5.41) is 7.98. The molecule has 1 aliphatic rings. The van der Waals surface area contributed by atoms with Gasteiger partial charge < -0.3 is 4.42 Å². The molecule has 1 aromatic heterocycles. The van der Waals surface area contributed by atoms with E-state index in [1.807, 2.05) is 6.07 Å². The first kappa shape index (κ1) is 13.7. The number of benzene rings is 1. The molecule has 2 heterocycles. The van der Waals surface area contributed by atoms with Crippen LogP contribution in [0.1, 0.15) is 36.2 Å². The smallest absolute Gasteiger partial charge is 0.233 e. The molecule has 1 fully saturated rings. The molecule has 1 atom stereocenters. The van der Waals surface area contributed by atoms with E-state index >= 15 is 0 Å². The van der Waals surface area contributed by atoms with Gasteiger partial charge in [0.05, 0.1) is 6.04 Å². The Hall–Kier alpha value is -1.27. The highest BCUT2D eigenvalue weighted by Crippen LogP contribution is 2.34. The number of nitrogens with zero attached hydrogens (tertiary/aromatic N) is 3. The van der Waals surface area contributed by atoms with Crippen molar-refractivity contribution in [2.75, 3.05) is 6.54 Å². The maximum absolute atomic E-state index is 13.9. The van der Waals surface area contributed by atoms with Crippen LogP contribution in [0.15, 0.2) is 27.1 Å². The lowest BCUT2D eigenvalue weighted by Crippen LogP contribution is -2.23. The van der Waals surface area contributed by atoms with Crippen molar-refractivity contribution in [1.29, 1.82) is 0 Å². The summed E-state index contributed by atoms with van der Waals surface area (Å²) in [6, 6.07) is 5.14. The fourth-order valence-corrected chi connectivity index (χ4v) is 3.10. The first-order valence-corrected chi connectivity index (χ1v) is 7.41. The Morgan fingerprint density at radius 1 is 1.45 bits per heavy atom. The number of hydrogen-bond donors (Lipinski definition) is 0. The molecule has 20 heavy (non-hydrogen) atoms. The average molecular weight is 340 g/mol. The molecule has 0 saturated carbocycles. The Morgan fingerprint density at radius 3 is 3.00 bits per heavy atom. The number of aryl methyl sites for hydroxylation is 1. The first-order chi connectivity index (χ1) is 9.65. The molecule has 6 heteroatoms. The fraction of sp³-hybridized carbons (Fsp3) is 0.429. The van der Waals surface area contributed by atoms with E-state index in [1.165, 1.54) is 6.07 Å². The van der Waals surface area contributed by atoms with Crippen molar-refractivity contribution in [1.82, 2.24) is 15.1 Å². The first-order valence-electron chi connectivity index (χ1n) is 6.62. The Kier molecular flexibility index (Phi) is 3.85. The maximum atomic E-state index is 13.9. The summed E-state index contributed by atoms with van der Waals surface area (Å²) in [4.78, 5) is 2.19. The lowest BCUT2D eigenvalue weighted by molar-refractivity contribution is 0.210. The second kappa shape index (κ2) is 5.61. The number of rotatable bonds is 3. The molecule has 0 radical (unpaired) electrons. The zero-order valence-corrected chi connectivity index (χ0v) is 12.7. The van der Waals surface area contributed by atoms with Crippen molar-refractivity contribution >= 4 is 15.9 Å². The SMILES string of the molecule is Cc1nnc(C2CCCN2Cc2c(F)cccc2Br)o1. The Balaban J connectivity index is 1.83. The molecule has 0 amide bonds. The van der Waals surface area contributed by atoms with Gasteiger partial charge >= 0.3 is 0 Å². The fourth-order valence-electron chi connectivity index (χ4n) is 2.63. The van der Waals surface area contributed by atoms with Crippen LogP contribution in [-0.4, -0.2) is 21.6 Å². The van der Waals surface area contributed by atoms with Crippen molar-refractivity contribution in [2.24, 2.45) is 0 Å². The zero-order chi connectivity index (χ0) is 14.1. The van der Waals surface area contributed by atoms with Crippen LogP contribution in [-0.2, 0) is 6.54 Å². The molecule has 0 N–H and O–H groups in total. The Morgan fingerprint density at radius 2 is 2.30 bits per heavy atom. The summed E-state index contributed by atoms with van der Waals surface area (Å²) >= 11 is 3.42. The van der Waals surface area contributed by atoms with E-state index in [1.54, 1.807) is 13.0 Å². The molecule has 0 bridgehead atoms. The molecule has 3 rings (SSSR count). The van der Waals surface area contributed by atoms with Gasteiger partial charge in [-0.2, -0.15) is 0 Å². The third kappa shape index (κ3) is 2.62. The second-order valence-electron chi connectivity index (χ2n) is 4.99. The molecule has 106 valence electrons. The Labute approximate surface area is 125 Å². The highest BCUT2D eigenvalue weighted by Gasteiger charge is 2.31. The monoisotopic (exact) mass is 339 g/mol. The van der Waals surface area contributed by atoms with Gasteiger partial charge in [0.25, 0.3) is 0 Å². The van der Waals surface area contributed by atoms with Crippen LogP contribution < -0.4 is 0 Å². The van der Waals surface area contributed by atoms with Crippen LogP contribution in [0.2, 0.25) is 0 Å². The van der Waals surface area contributed by atoms with Gasteiger partial charge in [-0.3, -0.25) is 4.90 Å². The average Bonchev–Trinajstić information content (AvgIpc) is 3.02. The second-order valence-corrected chi connectivity index (χ2v) is 5.84. The standard InChI is InChI=1S/C14H15BrFN3O/c1-9-17-18-14(20-9)13-6-3-7-19(13)8-10-11(15)4-2-5-12(10)16/h2,4-5,13H,3,6-8H2,1H3. The van der Waals surface area contributed by atoms with Crippen LogP contribution in [0.4, 0.5) is 4.39 Å². The molecule has 4 nitrogen and oxygen atoms in total. The van der Waals surface area contributed by atoms with Crippen molar-refractivity contribution in [3.8, 4) is 0 Å². The van der Waals surface area contributed by atoms with Crippen LogP contribution in [0.3, 0.4) is 0 Å². The molecule has 1 unspecified atom stereocenters. The van der Waals surface area contributed by atoms with Gasteiger partial charge in [0.2, 0.25) is 11.8 Å². The van der Waals surface area contributed by atoms with Crippen molar-refractivity contribution in [3.63, 3.8) is 0 Å². The van der Waals surface area contributed by atoms with E-state index in [0.717, 1.165) is 23.9 Å². The van der Waals surface area contributed by atoms with Gasteiger partial charge in [0.15, 0.2) is 0 Å². The third-order valence-corrected chi connectivity index (χ3v) is 4.36. The van der Waals surface area contributed by atoms with Crippen molar-refractivity contribution in [2.45, 2.75) is 32.4 Å². The molecule has 1 saturated heterocycles. The lowest BCUT2D eigenvalue weighted by Gasteiger charge is -2.22. The van der Waals surface area contributed by atoms with Crippen LogP contribution in [0.5, 0.6) is 0 Å². The minimum atomic E-state index is -0.188. The Bertz CT molecular complexity index is 596. The molecule has 0 aliphatic carbocycles. The summed E-state index contributed by atoms with van der Waals surface area (Å²) < 4.78 is 20.3. The lowest BCUT2D eigenvalue weighted by atomic mass is 10.1. The normalized spacial score (nSPS) is 19.6. The van der Waals surface area contributed by atoms with E-state index in [4.69, 9.17) is 4.42 Å². The van der Waals surface area contributed by atoms with Crippen molar-refractivity contribution in [3.05, 3.63) is 45.8 Å². The summed E-state index contributed by atoms with van der Waals surface area (Å²) in [5.74, 6) is 1.01. The largest absolute Gasteiger partial charge is 0.424 e. The highest BCUT2D eigenvalue weighted by atomic mass is 79.9. The molecular weight excluding hydrogens is 325 g/mol. The van der Waals surface area contributed by atoms with Gasteiger partial charge in [-0.05, 0) is 31.5 Å². The minimum Gasteiger partial charge on any atom is -0.424 e. The molecular formula is C14H15BrFN3O. The van der Waals surface area contributed by atoms with Crippen LogP contribution in [0, 0.1) is 12.7 Å². The van der Waals surface area contributed by atoms with E-state index in [9.17, 15) is 4.39 Å². The molecule has 1 aromatic carbocycles. The number of halogens is 2. The molecule has 0 spiro atoms. The van der Waals surface area contributed by atoms with Crippen molar-refractivity contribution < 1.29 is 8.81 Å². The van der Waals surface area contributed by atoms with Gasteiger partial charge in [0, 0.05) is 23.5 Å². The topological polar surface area (TPSA) is 42.2 Å². The summed E-state index contributed by atoms with van der Waals surface area (Å²) in [6.45, 7) is 3.23. The summed E-state index contributed by atoms with van der Waals surface area (Å²) in [7, 11) is 0. The summed E-state index contributed by atoms with van der Waals surface area (Å²) in [6.07, 6.45) is 2.02. The quantitative estimate of drug-likeness (QED) is 0.856. The van der Waals surface area contributed by atoms with E-state index < -0.39 is 0 Å². The third-order valence-electron chi connectivity index (χ3n) is 3.61. The summed E-state index contributed by atoms with van der Waals surface area (Å²) in [5.41, 5.74) is 0.677. The van der Waals surface area contributed by atoms with Crippen LogP contribution >= 0.6 is 15.9 Å². The molecule has 2 aromatic rings. The van der Waals surface area contributed by atoms with E-state index in [-0.39, 0.29) is 11.9 Å². The number of likely N-dealkylation sites (tertiary alicyclic amines) is 1.